The Morgan fingerprint density at radius 3 is 2.16 bits per heavy atom. The van der Waals surface area contributed by atoms with Crippen molar-refractivity contribution in [2.24, 2.45) is 5.73 Å². The van der Waals surface area contributed by atoms with Gasteiger partial charge in [-0.2, -0.15) is 0 Å². The molecule has 0 aliphatic carbocycles. The van der Waals surface area contributed by atoms with Gasteiger partial charge in [0, 0.05) is 52.4 Å². The number of nitrogens with zero attached hydrogens (tertiary/aromatic N) is 2. The number of nitrogens with two attached hydrogens (primary N) is 1. The first-order valence-electron chi connectivity index (χ1n) is 8.54. The lowest BCUT2D eigenvalue weighted by Crippen LogP contribution is -2.49. The number of hydrogen-bond acceptors (Lipinski definition) is 6. The number of hydrogen-bond donors (Lipinski definition) is 1. The molecule has 0 saturated carbocycles. The zero-order valence-corrected chi connectivity index (χ0v) is 15.4. The van der Waals surface area contributed by atoms with E-state index in [1.54, 1.807) is 21.3 Å². The van der Waals surface area contributed by atoms with E-state index in [2.05, 4.69) is 4.90 Å². The highest BCUT2D eigenvalue weighted by atomic mass is 16.5. The van der Waals surface area contributed by atoms with Crippen molar-refractivity contribution in [1.29, 1.82) is 0 Å². The van der Waals surface area contributed by atoms with E-state index < -0.39 is 0 Å². The van der Waals surface area contributed by atoms with Crippen LogP contribution in [0.4, 0.5) is 0 Å². The standard InChI is InChI=1S/C18H29N3O4/c1-23-15-8-14(9-16(10-15)24-2)13-20-4-6-21(7-5-20)18(22)11-17(12-19)25-3/h8-10,17H,4-7,11-13,19H2,1-3H3. The minimum absolute atomic E-state index is 0.111. The molecule has 1 atom stereocenters. The second kappa shape index (κ2) is 9.60. The number of carbonyl (C=O) groups excluding carboxylic acids is 1. The van der Waals surface area contributed by atoms with Crippen molar-refractivity contribution in [1.82, 2.24) is 9.80 Å². The van der Waals surface area contributed by atoms with Crippen molar-refractivity contribution in [3.05, 3.63) is 23.8 Å². The van der Waals surface area contributed by atoms with Crippen LogP contribution in [0.1, 0.15) is 12.0 Å². The number of carbonyl (C=O) groups is 1. The summed E-state index contributed by atoms with van der Waals surface area (Å²) in [5.74, 6) is 1.69. The molecule has 1 heterocycles. The molecule has 0 bridgehead atoms. The van der Waals surface area contributed by atoms with Gasteiger partial charge in [0.05, 0.1) is 26.7 Å². The van der Waals surface area contributed by atoms with Crippen molar-refractivity contribution in [3.63, 3.8) is 0 Å². The maximum absolute atomic E-state index is 12.3. The molecule has 7 heteroatoms. The average molecular weight is 351 g/mol. The fourth-order valence-corrected chi connectivity index (χ4v) is 2.96. The van der Waals surface area contributed by atoms with Crippen molar-refractivity contribution in [2.45, 2.75) is 19.1 Å². The predicted molar refractivity (Wildman–Crippen MR) is 95.9 cm³/mol. The molecule has 7 nitrogen and oxygen atoms in total. The number of benzene rings is 1. The van der Waals surface area contributed by atoms with Crippen molar-refractivity contribution in [2.75, 3.05) is 54.1 Å². The Labute approximate surface area is 149 Å². The van der Waals surface area contributed by atoms with Gasteiger partial charge in [-0.1, -0.05) is 0 Å². The van der Waals surface area contributed by atoms with Crippen LogP contribution in [0.3, 0.4) is 0 Å². The molecule has 25 heavy (non-hydrogen) atoms. The Bertz CT molecular complexity index is 533. The molecule has 140 valence electrons. The summed E-state index contributed by atoms with van der Waals surface area (Å²) in [5.41, 5.74) is 6.73. The van der Waals surface area contributed by atoms with Gasteiger partial charge in [0.15, 0.2) is 0 Å². The average Bonchev–Trinajstić information content (AvgIpc) is 2.66. The number of rotatable bonds is 8. The van der Waals surface area contributed by atoms with E-state index in [9.17, 15) is 4.79 Å². The number of methoxy groups -OCH3 is 3. The van der Waals surface area contributed by atoms with Crippen molar-refractivity contribution >= 4 is 5.91 Å². The third-order valence-electron chi connectivity index (χ3n) is 4.54. The molecule has 1 aromatic carbocycles. The van der Waals surface area contributed by atoms with Crippen LogP contribution in [0, 0.1) is 0 Å². The molecule has 1 unspecified atom stereocenters. The van der Waals surface area contributed by atoms with Crippen LogP contribution < -0.4 is 15.2 Å². The quantitative estimate of drug-likeness (QED) is 0.743. The molecule has 0 aromatic heterocycles. The summed E-state index contributed by atoms with van der Waals surface area (Å²) in [6.07, 6.45) is 0.148. The predicted octanol–water partition coefficient (Wildman–Crippen LogP) is 0.712. The molecule has 1 aliphatic heterocycles. The van der Waals surface area contributed by atoms with Gasteiger partial charge < -0.3 is 24.8 Å². The van der Waals surface area contributed by atoms with E-state index in [1.807, 2.05) is 23.1 Å². The summed E-state index contributed by atoms with van der Waals surface area (Å²) in [7, 11) is 4.89. The van der Waals surface area contributed by atoms with Crippen molar-refractivity contribution < 1.29 is 19.0 Å². The minimum Gasteiger partial charge on any atom is -0.497 e. The van der Waals surface area contributed by atoms with E-state index in [-0.39, 0.29) is 12.0 Å². The summed E-state index contributed by atoms with van der Waals surface area (Å²) >= 11 is 0. The molecule has 1 saturated heterocycles. The molecule has 0 spiro atoms. The summed E-state index contributed by atoms with van der Waals surface area (Å²) in [5, 5.41) is 0. The van der Waals surface area contributed by atoms with Crippen molar-refractivity contribution in [3.8, 4) is 11.5 Å². The van der Waals surface area contributed by atoms with E-state index in [0.717, 1.165) is 49.8 Å². The molecule has 0 radical (unpaired) electrons. The molecule has 2 rings (SSSR count). The fourth-order valence-electron chi connectivity index (χ4n) is 2.96. The van der Waals surface area contributed by atoms with Gasteiger partial charge in [-0.15, -0.1) is 0 Å². The van der Waals surface area contributed by atoms with E-state index in [4.69, 9.17) is 19.9 Å². The summed E-state index contributed by atoms with van der Waals surface area (Å²) < 4.78 is 15.8. The molecule has 1 fully saturated rings. The molecule has 1 amide bonds. The van der Waals surface area contributed by atoms with E-state index in [1.165, 1.54) is 0 Å². The maximum atomic E-state index is 12.3. The fraction of sp³-hybridized carbons (Fsp3) is 0.611. The lowest BCUT2D eigenvalue weighted by Gasteiger charge is -2.35. The van der Waals surface area contributed by atoms with Gasteiger partial charge in [0.2, 0.25) is 5.91 Å². The number of ether oxygens (including phenoxy) is 3. The van der Waals surface area contributed by atoms with Crippen LogP contribution in [0.25, 0.3) is 0 Å². The zero-order valence-electron chi connectivity index (χ0n) is 15.4. The van der Waals surface area contributed by atoms with Crippen LogP contribution in [0.15, 0.2) is 18.2 Å². The third-order valence-corrected chi connectivity index (χ3v) is 4.54. The Hall–Kier alpha value is -1.83. The van der Waals surface area contributed by atoms with Crippen LogP contribution in [0.2, 0.25) is 0 Å². The number of amides is 1. The molecule has 1 aromatic rings. The van der Waals surface area contributed by atoms with Gasteiger partial charge in [-0.3, -0.25) is 9.69 Å². The highest BCUT2D eigenvalue weighted by Crippen LogP contribution is 2.23. The minimum atomic E-state index is -0.199. The van der Waals surface area contributed by atoms with Crippen LogP contribution in [-0.2, 0) is 16.1 Å². The molecular weight excluding hydrogens is 322 g/mol. The normalized spacial score (nSPS) is 16.6. The van der Waals surface area contributed by atoms with Crippen LogP contribution in [-0.4, -0.2) is 75.9 Å². The van der Waals surface area contributed by atoms with Crippen LogP contribution in [0.5, 0.6) is 11.5 Å². The van der Waals surface area contributed by atoms with Gasteiger partial charge in [-0.25, -0.2) is 0 Å². The largest absolute Gasteiger partial charge is 0.497 e. The smallest absolute Gasteiger partial charge is 0.225 e. The lowest BCUT2D eigenvalue weighted by molar-refractivity contribution is -0.135. The topological polar surface area (TPSA) is 77.3 Å². The summed E-state index contributed by atoms with van der Waals surface area (Å²) in [6, 6.07) is 5.90. The Kier molecular flexibility index (Phi) is 7.49. The van der Waals surface area contributed by atoms with Gasteiger partial charge in [0.25, 0.3) is 0 Å². The first kappa shape index (κ1) is 19.5. The second-order valence-corrected chi connectivity index (χ2v) is 6.18. The maximum Gasteiger partial charge on any atom is 0.225 e. The molecule has 2 N–H and O–H groups in total. The summed E-state index contributed by atoms with van der Waals surface area (Å²) in [4.78, 5) is 16.5. The van der Waals surface area contributed by atoms with Gasteiger partial charge >= 0.3 is 0 Å². The lowest BCUT2D eigenvalue weighted by atomic mass is 10.1. The van der Waals surface area contributed by atoms with Crippen LogP contribution >= 0.6 is 0 Å². The second-order valence-electron chi connectivity index (χ2n) is 6.18. The number of piperazine rings is 1. The Morgan fingerprint density at radius 2 is 1.68 bits per heavy atom. The van der Waals surface area contributed by atoms with E-state index >= 15 is 0 Å². The highest BCUT2D eigenvalue weighted by molar-refractivity contribution is 5.76. The monoisotopic (exact) mass is 351 g/mol. The zero-order chi connectivity index (χ0) is 18.2. The first-order chi connectivity index (χ1) is 12.1. The Morgan fingerprint density at radius 1 is 1.08 bits per heavy atom. The molecular formula is C18H29N3O4. The van der Waals surface area contributed by atoms with E-state index in [0.29, 0.717) is 13.0 Å². The Balaban J connectivity index is 1.87. The highest BCUT2D eigenvalue weighted by Gasteiger charge is 2.23. The first-order valence-corrected chi connectivity index (χ1v) is 8.54. The summed E-state index contributed by atoms with van der Waals surface area (Å²) in [6.45, 7) is 4.29. The van der Waals surface area contributed by atoms with Gasteiger partial charge in [-0.05, 0) is 17.7 Å². The van der Waals surface area contributed by atoms with Gasteiger partial charge in [0.1, 0.15) is 11.5 Å². The third kappa shape index (κ3) is 5.59. The SMILES string of the molecule is COc1cc(CN2CCN(C(=O)CC(CN)OC)CC2)cc(OC)c1. The molecule has 1 aliphatic rings.